The Hall–Kier alpha value is -2.18. The standard InChI is InChI=1S/C12H16N2O5/c1-8-5-9(14(16)17)11(13-6-8)18-7-10(15)19-12(2,3)4/h5-6H,7H2,1-4H3. The van der Waals surface area contributed by atoms with Crippen LogP contribution in [0, 0.1) is 17.0 Å². The number of hydrogen-bond donors (Lipinski definition) is 0. The van der Waals surface area contributed by atoms with Crippen molar-refractivity contribution in [3.8, 4) is 5.88 Å². The Morgan fingerprint density at radius 3 is 2.63 bits per heavy atom. The molecule has 7 nitrogen and oxygen atoms in total. The largest absolute Gasteiger partial charge is 0.461 e. The number of ether oxygens (including phenoxy) is 2. The first kappa shape index (κ1) is 14.9. The average molecular weight is 268 g/mol. The van der Waals surface area contributed by atoms with Gasteiger partial charge in [-0.2, -0.15) is 0 Å². The number of aryl methyl sites for hydroxylation is 1. The highest BCUT2D eigenvalue weighted by Crippen LogP contribution is 2.24. The molecule has 0 bridgehead atoms. The maximum absolute atomic E-state index is 11.4. The molecule has 1 aromatic heterocycles. The fourth-order valence-electron chi connectivity index (χ4n) is 1.28. The number of carbonyl (C=O) groups is 1. The average Bonchev–Trinajstić information content (AvgIpc) is 2.24. The van der Waals surface area contributed by atoms with Crippen LogP contribution in [0.4, 0.5) is 5.69 Å². The molecule has 0 saturated carbocycles. The quantitative estimate of drug-likeness (QED) is 0.471. The summed E-state index contributed by atoms with van der Waals surface area (Å²) in [6, 6.07) is 1.33. The molecule has 1 rings (SSSR count). The number of carbonyl (C=O) groups excluding carboxylic acids is 1. The van der Waals surface area contributed by atoms with Crippen LogP contribution in [0.1, 0.15) is 26.3 Å². The lowest BCUT2D eigenvalue weighted by molar-refractivity contribution is -0.386. The number of rotatable bonds is 4. The Labute approximate surface area is 110 Å². The molecule has 19 heavy (non-hydrogen) atoms. The van der Waals surface area contributed by atoms with Crippen LogP contribution in [0.2, 0.25) is 0 Å². The van der Waals surface area contributed by atoms with Gasteiger partial charge >= 0.3 is 11.7 Å². The zero-order valence-corrected chi connectivity index (χ0v) is 11.3. The van der Waals surface area contributed by atoms with Crippen molar-refractivity contribution in [2.75, 3.05) is 6.61 Å². The van der Waals surface area contributed by atoms with E-state index in [1.54, 1.807) is 27.7 Å². The van der Waals surface area contributed by atoms with Crippen LogP contribution in [0.5, 0.6) is 5.88 Å². The van der Waals surface area contributed by atoms with E-state index >= 15 is 0 Å². The minimum absolute atomic E-state index is 0.193. The van der Waals surface area contributed by atoms with Crippen LogP contribution in [0.15, 0.2) is 12.3 Å². The highest BCUT2D eigenvalue weighted by atomic mass is 16.6. The SMILES string of the molecule is Cc1cnc(OCC(=O)OC(C)(C)C)c([N+](=O)[O-])c1. The Morgan fingerprint density at radius 1 is 1.47 bits per heavy atom. The van der Waals surface area contributed by atoms with Crippen LogP contribution < -0.4 is 4.74 Å². The van der Waals surface area contributed by atoms with Crippen molar-refractivity contribution in [3.05, 3.63) is 27.9 Å². The van der Waals surface area contributed by atoms with Crippen LogP contribution in [0.25, 0.3) is 0 Å². The van der Waals surface area contributed by atoms with Gasteiger partial charge in [-0.25, -0.2) is 9.78 Å². The molecule has 0 aromatic carbocycles. The maximum Gasteiger partial charge on any atom is 0.344 e. The lowest BCUT2D eigenvalue weighted by Crippen LogP contribution is -2.27. The van der Waals surface area contributed by atoms with Gasteiger partial charge in [0.1, 0.15) is 5.60 Å². The van der Waals surface area contributed by atoms with Gasteiger partial charge in [0.2, 0.25) is 0 Å². The van der Waals surface area contributed by atoms with Crippen LogP contribution in [-0.2, 0) is 9.53 Å². The number of nitrogens with zero attached hydrogens (tertiary/aromatic N) is 2. The summed E-state index contributed by atoms with van der Waals surface area (Å²) in [6.07, 6.45) is 1.43. The molecular formula is C12H16N2O5. The van der Waals surface area contributed by atoms with E-state index in [-0.39, 0.29) is 11.6 Å². The summed E-state index contributed by atoms with van der Waals surface area (Å²) < 4.78 is 10.1. The van der Waals surface area contributed by atoms with Gasteiger partial charge in [0.25, 0.3) is 5.88 Å². The normalized spacial score (nSPS) is 10.9. The molecule has 1 aromatic rings. The van der Waals surface area contributed by atoms with E-state index in [1.807, 2.05) is 0 Å². The molecule has 0 aliphatic heterocycles. The Kier molecular flexibility index (Phi) is 4.42. The summed E-state index contributed by atoms with van der Waals surface area (Å²) in [4.78, 5) is 25.4. The number of esters is 1. The van der Waals surface area contributed by atoms with E-state index in [2.05, 4.69) is 4.98 Å². The summed E-state index contributed by atoms with van der Waals surface area (Å²) in [6.45, 7) is 6.41. The number of nitro groups is 1. The maximum atomic E-state index is 11.4. The molecule has 0 fully saturated rings. The summed E-state index contributed by atoms with van der Waals surface area (Å²) in [5, 5.41) is 10.8. The summed E-state index contributed by atoms with van der Waals surface area (Å²) in [7, 11) is 0. The third kappa shape index (κ3) is 4.90. The highest BCUT2D eigenvalue weighted by molar-refractivity contribution is 5.71. The molecule has 0 N–H and O–H groups in total. The van der Waals surface area contributed by atoms with Gasteiger partial charge < -0.3 is 9.47 Å². The smallest absolute Gasteiger partial charge is 0.344 e. The van der Waals surface area contributed by atoms with Crippen molar-refractivity contribution in [3.63, 3.8) is 0 Å². The molecule has 0 spiro atoms. The summed E-state index contributed by atoms with van der Waals surface area (Å²) >= 11 is 0. The first-order valence-corrected chi connectivity index (χ1v) is 5.65. The molecule has 0 unspecified atom stereocenters. The fraction of sp³-hybridized carbons (Fsp3) is 0.500. The van der Waals surface area contributed by atoms with Crippen molar-refractivity contribution < 1.29 is 19.2 Å². The van der Waals surface area contributed by atoms with E-state index in [4.69, 9.17) is 9.47 Å². The van der Waals surface area contributed by atoms with E-state index in [0.29, 0.717) is 5.56 Å². The molecule has 0 atom stereocenters. The van der Waals surface area contributed by atoms with Crippen molar-refractivity contribution in [2.24, 2.45) is 0 Å². The van der Waals surface area contributed by atoms with Crippen molar-refractivity contribution in [1.29, 1.82) is 0 Å². The second-order valence-electron chi connectivity index (χ2n) is 4.97. The molecular weight excluding hydrogens is 252 g/mol. The predicted molar refractivity (Wildman–Crippen MR) is 67.0 cm³/mol. The minimum atomic E-state index is -0.632. The number of pyridine rings is 1. The fourth-order valence-corrected chi connectivity index (χ4v) is 1.28. The molecule has 0 saturated heterocycles. The van der Waals surface area contributed by atoms with Gasteiger partial charge in [-0.1, -0.05) is 0 Å². The van der Waals surface area contributed by atoms with Gasteiger partial charge in [0.05, 0.1) is 4.92 Å². The zero-order valence-electron chi connectivity index (χ0n) is 11.3. The van der Waals surface area contributed by atoms with Crippen molar-refractivity contribution >= 4 is 11.7 Å². The van der Waals surface area contributed by atoms with Crippen molar-refractivity contribution in [1.82, 2.24) is 4.98 Å². The molecule has 1 heterocycles. The predicted octanol–water partition coefficient (Wildman–Crippen LogP) is 2.02. The minimum Gasteiger partial charge on any atom is -0.461 e. The van der Waals surface area contributed by atoms with Gasteiger partial charge in [-0.3, -0.25) is 10.1 Å². The van der Waals surface area contributed by atoms with Crippen LogP contribution >= 0.6 is 0 Å². The molecule has 0 amide bonds. The van der Waals surface area contributed by atoms with E-state index < -0.39 is 23.1 Å². The Balaban J connectivity index is 2.73. The molecule has 0 radical (unpaired) electrons. The Bertz CT molecular complexity index is 493. The highest BCUT2D eigenvalue weighted by Gasteiger charge is 2.20. The summed E-state index contributed by atoms with van der Waals surface area (Å²) in [5.41, 5.74) is -0.271. The lowest BCUT2D eigenvalue weighted by atomic mass is 10.2. The van der Waals surface area contributed by atoms with Gasteiger partial charge in [0, 0.05) is 12.3 Å². The third-order valence-corrected chi connectivity index (χ3v) is 1.91. The topological polar surface area (TPSA) is 91.6 Å². The Morgan fingerprint density at radius 2 is 2.11 bits per heavy atom. The van der Waals surface area contributed by atoms with Crippen molar-refractivity contribution in [2.45, 2.75) is 33.3 Å². The van der Waals surface area contributed by atoms with Crippen LogP contribution in [0.3, 0.4) is 0 Å². The number of aromatic nitrogens is 1. The third-order valence-electron chi connectivity index (χ3n) is 1.91. The van der Waals surface area contributed by atoms with Gasteiger partial charge in [-0.15, -0.1) is 0 Å². The zero-order chi connectivity index (χ0) is 14.6. The van der Waals surface area contributed by atoms with E-state index in [1.165, 1.54) is 12.3 Å². The molecule has 0 aliphatic rings. The second-order valence-corrected chi connectivity index (χ2v) is 4.97. The van der Waals surface area contributed by atoms with Gasteiger partial charge in [-0.05, 0) is 33.3 Å². The number of hydrogen-bond acceptors (Lipinski definition) is 6. The molecule has 7 heteroatoms. The molecule has 0 aliphatic carbocycles. The first-order chi connectivity index (χ1) is 8.69. The lowest BCUT2D eigenvalue weighted by Gasteiger charge is -2.19. The van der Waals surface area contributed by atoms with Gasteiger partial charge in [0.15, 0.2) is 6.61 Å². The second kappa shape index (κ2) is 5.64. The van der Waals surface area contributed by atoms with Crippen LogP contribution in [-0.4, -0.2) is 28.1 Å². The first-order valence-electron chi connectivity index (χ1n) is 5.65. The summed E-state index contributed by atoms with van der Waals surface area (Å²) in [5.74, 6) is -0.800. The monoisotopic (exact) mass is 268 g/mol. The molecule has 104 valence electrons. The van der Waals surface area contributed by atoms with E-state index in [9.17, 15) is 14.9 Å². The van der Waals surface area contributed by atoms with E-state index in [0.717, 1.165) is 0 Å².